The first-order valence-electron chi connectivity index (χ1n) is 6.00. The highest BCUT2D eigenvalue weighted by Crippen LogP contribution is 2.21. The van der Waals surface area contributed by atoms with E-state index >= 15 is 0 Å². The second-order valence-corrected chi connectivity index (χ2v) is 6.52. The van der Waals surface area contributed by atoms with Crippen LogP contribution in [0.25, 0.3) is 0 Å². The molecule has 0 aromatic rings. The molecule has 1 aliphatic rings. The minimum absolute atomic E-state index is 0. The van der Waals surface area contributed by atoms with Gasteiger partial charge in [-0.2, -0.15) is 13.2 Å². The lowest BCUT2D eigenvalue weighted by molar-refractivity contribution is -0.134. The molecular formula is C10H20ClF3N2O2S. The van der Waals surface area contributed by atoms with E-state index in [1.165, 1.54) is 0 Å². The van der Waals surface area contributed by atoms with E-state index < -0.39 is 34.8 Å². The fourth-order valence-corrected chi connectivity index (χ4v) is 3.38. The second kappa shape index (κ2) is 7.66. The summed E-state index contributed by atoms with van der Waals surface area (Å²) in [7, 11) is -3.63. The van der Waals surface area contributed by atoms with E-state index in [9.17, 15) is 21.6 Å². The summed E-state index contributed by atoms with van der Waals surface area (Å²) < 4.78 is 61.5. The van der Waals surface area contributed by atoms with Crippen molar-refractivity contribution < 1.29 is 21.6 Å². The third-order valence-corrected chi connectivity index (χ3v) is 4.45. The highest BCUT2D eigenvalue weighted by atomic mass is 35.5. The van der Waals surface area contributed by atoms with E-state index in [1.807, 2.05) is 6.92 Å². The van der Waals surface area contributed by atoms with Crippen LogP contribution in [-0.4, -0.2) is 39.0 Å². The van der Waals surface area contributed by atoms with Crippen LogP contribution in [0.4, 0.5) is 13.2 Å². The lowest BCUT2D eigenvalue weighted by Crippen LogP contribution is -2.52. The van der Waals surface area contributed by atoms with Crippen molar-refractivity contribution in [1.29, 1.82) is 0 Å². The lowest BCUT2D eigenvalue weighted by atomic mass is 10.0. The Kier molecular flexibility index (Phi) is 7.64. The Bertz CT molecular complexity index is 362. The van der Waals surface area contributed by atoms with Crippen molar-refractivity contribution in [2.75, 3.05) is 12.3 Å². The summed E-state index contributed by atoms with van der Waals surface area (Å²) in [4.78, 5) is 0. The number of rotatable bonds is 5. The third kappa shape index (κ3) is 7.96. The van der Waals surface area contributed by atoms with E-state index in [0.717, 1.165) is 13.0 Å². The normalized spacial score (nSPS) is 24.8. The maximum Gasteiger partial charge on any atom is 0.389 e. The number of piperidine rings is 1. The average molecular weight is 325 g/mol. The van der Waals surface area contributed by atoms with Crippen LogP contribution in [0.15, 0.2) is 0 Å². The smallest absolute Gasteiger partial charge is 0.313 e. The molecule has 1 aliphatic heterocycles. The Hall–Kier alpha value is -0.0500. The largest absolute Gasteiger partial charge is 0.389 e. The zero-order valence-corrected chi connectivity index (χ0v) is 12.3. The summed E-state index contributed by atoms with van der Waals surface area (Å²) >= 11 is 0. The fraction of sp³-hybridized carbons (Fsp3) is 1.00. The predicted molar refractivity (Wildman–Crippen MR) is 69.9 cm³/mol. The number of nitrogens with one attached hydrogen (secondary N) is 2. The average Bonchev–Trinajstić information content (AvgIpc) is 2.18. The summed E-state index contributed by atoms with van der Waals surface area (Å²) in [6, 6.07) is -0.217. The van der Waals surface area contributed by atoms with E-state index in [1.54, 1.807) is 0 Å². The molecule has 0 amide bonds. The number of sulfonamides is 1. The molecule has 116 valence electrons. The number of alkyl halides is 3. The van der Waals surface area contributed by atoms with Crippen molar-refractivity contribution in [3.8, 4) is 0 Å². The molecule has 19 heavy (non-hydrogen) atoms. The summed E-state index contributed by atoms with van der Waals surface area (Å²) in [6.07, 6.45) is -4.18. The van der Waals surface area contributed by atoms with Gasteiger partial charge in [0.1, 0.15) is 0 Å². The zero-order valence-electron chi connectivity index (χ0n) is 10.7. The third-order valence-electron chi connectivity index (χ3n) is 2.97. The molecule has 0 aromatic carbocycles. The SMILES string of the molecule is CC1NCCCC1NS(=O)(=O)CCCC(F)(F)F.Cl. The summed E-state index contributed by atoms with van der Waals surface area (Å²) in [5.41, 5.74) is 0. The Balaban J connectivity index is 0.00000324. The van der Waals surface area contributed by atoms with Crippen LogP contribution in [0.1, 0.15) is 32.6 Å². The predicted octanol–water partition coefficient (Wildman–Crippen LogP) is 1.81. The summed E-state index contributed by atoms with van der Waals surface area (Å²) in [5.74, 6) is -0.476. The molecule has 1 heterocycles. The topological polar surface area (TPSA) is 58.2 Å². The second-order valence-electron chi connectivity index (χ2n) is 4.65. The van der Waals surface area contributed by atoms with Gasteiger partial charge in [-0.1, -0.05) is 0 Å². The zero-order chi connectivity index (χ0) is 13.8. The monoisotopic (exact) mass is 324 g/mol. The van der Waals surface area contributed by atoms with Crippen LogP contribution in [-0.2, 0) is 10.0 Å². The first-order chi connectivity index (χ1) is 8.20. The first kappa shape index (κ1) is 18.9. The van der Waals surface area contributed by atoms with E-state index in [0.29, 0.717) is 6.42 Å². The summed E-state index contributed by atoms with van der Waals surface area (Å²) in [5, 5.41) is 3.13. The molecule has 0 radical (unpaired) electrons. The molecule has 0 spiro atoms. The van der Waals surface area contributed by atoms with Crippen molar-refractivity contribution in [2.45, 2.75) is 50.9 Å². The van der Waals surface area contributed by atoms with Gasteiger partial charge in [0.05, 0.1) is 5.75 Å². The van der Waals surface area contributed by atoms with Gasteiger partial charge in [-0.25, -0.2) is 13.1 Å². The molecule has 0 aromatic heterocycles. The van der Waals surface area contributed by atoms with Crippen LogP contribution in [0.3, 0.4) is 0 Å². The van der Waals surface area contributed by atoms with Gasteiger partial charge < -0.3 is 5.32 Å². The molecule has 2 unspecified atom stereocenters. The number of hydrogen-bond donors (Lipinski definition) is 2. The molecular weight excluding hydrogens is 305 g/mol. The van der Waals surface area contributed by atoms with Crippen LogP contribution in [0.5, 0.6) is 0 Å². The van der Waals surface area contributed by atoms with Gasteiger partial charge in [-0.3, -0.25) is 0 Å². The highest BCUT2D eigenvalue weighted by molar-refractivity contribution is 7.89. The first-order valence-corrected chi connectivity index (χ1v) is 7.65. The minimum Gasteiger partial charge on any atom is -0.313 e. The Morgan fingerprint density at radius 1 is 1.37 bits per heavy atom. The van der Waals surface area contributed by atoms with Gasteiger partial charge in [0.15, 0.2) is 0 Å². The molecule has 1 rings (SSSR count). The highest BCUT2D eigenvalue weighted by Gasteiger charge is 2.29. The fourth-order valence-electron chi connectivity index (χ4n) is 1.96. The van der Waals surface area contributed by atoms with Crippen LogP contribution >= 0.6 is 12.4 Å². The van der Waals surface area contributed by atoms with E-state index in [-0.39, 0.29) is 24.5 Å². The van der Waals surface area contributed by atoms with Crippen LogP contribution in [0.2, 0.25) is 0 Å². The van der Waals surface area contributed by atoms with Crippen LogP contribution in [0, 0.1) is 0 Å². The van der Waals surface area contributed by atoms with E-state index in [2.05, 4.69) is 10.0 Å². The van der Waals surface area contributed by atoms with Gasteiger partial charge in [-0.05, 0) is 32.7 Å². The van der Waals surface area contributed by atoms with Gasteiger partial charge in [0, 0.05) is 18.5 Å². The van der Waals surface area contributed by atoms with Crippen molar-refractivity contribution >= 4 is 22.4 Å². The molecule has 4 nitrogen and oxygen atoms in total. The molecule has 1 fully saturated rings. The minimum atomic E-state index is -4.30. The maximum absolute atomic E-state index is 11.9. The quantitative estimate of drug-likeness (QED) is 0.811. The Morgan fingerprint density at radius 2 is 2.00 bits per heavy atom. The summed E-state index contributed by atoms with van der Waals surface area (Å²) in [6.45, 7) is 2.70. The Morgan fingerprint density at radius 3 is 2.53 bits per heavy atom. The maximum atomic E-state index is 11.9. The van der Waals surface area contributed by atoms with Gasteiger partial charge in [0.2, 0.25) is 10.0 Å². The lowest BCUT2D eigenvalue weighted by Gasteiger charge is -2.30. The standard InChI is InChI=1S/C10H19F3N2O2S.ClH/c1-8-9(4-2-6-14-8)15-18(16,17)7-3-5-10(11,12)13;/h8-9,14-15H,2-7H2,1H3;1H. The van der Waals surface area contributed by atoms with Crippen molar-refractivity contribution in [2.24, 2.45) is 0 Å². The van der Waals surface area contributed by atoms with E-state index in [4.69, 9.17) is 0 Å². The van der Waals surface area contributed by atoms with Gasteiger partial charge in [0.25, 0.3) is 0 Å². The number of hydrogen-bond acceptors (Lipinski definition) is 3. The molecule has 9 heteroatoms. The number of halogens is 4. The molecule has 0 saturated carbocycles. The Labute approximate surface area is 118 Å². The van der Waals surface area contributed by atoms with Crippen molar-refractivity contribution in [1.82, 2.24) is 10.0 Å². The molecule has 1 saturated heterocycles. The van der Waals surface area contributed by atoms with Gasteiger partial charge in [-0.15, -0.1) is 12.4 Å². The van der Waals surface area contributed by atoms with Crippen LogP contribution < -0.4 is 10.0 Å². The van der Waals surface area contributed by atoms with Crippen molar-refractivity contribution in [3.63, 3.8) is 0 Å². The van der Waals surface area contributed by atoms with Crippen molar-refractivity contribution in [3.05, 3.63) is 0 Å². The molecule has 2 atom stereocenters. The molecule has 0 bridgehead atoms. The van der Waals surface area contributed by atoms with Gasteiger partial charge >= 0.3 is 6.18 Å². The molecule has 2 N–H and O–H groups in total. The molecule has 0 aliphatic carbocycles.